The summed E-state index contributed by atoms with van der Waals surface area (Å²) in [6.07, 6.45) is 1.14. The molecule has 0 aromatic heterocycles. The molecule has 0 saturated heterocycles. The number of rotatable bonds is 1. The van der Waals surface area contributed by atoms with Crippen LogP contribution in [-0.4, -0.2) is 22.5 Å². The summed E-state index contributed by atoms with van der Waals surface area (Å²) in [6.45, 7) is 0. The van der Waals surface area contributed by atoms with Gasteiger partial charge in [-0.1, -0.05) is 23.7 Å². The summed E-state index contributed by atoms with van der Waals surface area (Å²) < 4.78 is 21.9. The fourth-order valence-corrected chi connectivity index (χ4v) is 1.64. The second kappa shape index (κ2) is 2.70. The molecule has 0 bridgehead atoms. The Hall–Kier alpha value is -0.765. The van der Waals surface area contributed by atoms with Crippen LogP contribution in [0.1, 0.15) is 0 Å². The van der Waals surface area contributed by atoms with Gasteiger partial charge in [0, 0.05) is 6.26 Å². The van der Waals surface area contributed by atoms with E-state index in [4.69, 9.17) is 7.85 Å². The maximum Gasteiger partial charge on any atom is 0.174 e. The molecule has 2 radical (unpaired) electrons. The van der Waals surface area contributed by atoms with Gasteiger partial charge in [0.05, 0.1) is 4.90 Å². The van der Waals surface area contributed by atoms with E-state index in [-0.39, 0.29) is 4.90 Å². The Bertz CT molecular complexity index is 356. The molecule has 0 amide bonds. The molecule has 11 heavy (non-hydrogen) atoms. The molecule has 0 aliphatic heterocycles. The highest BCUT2D eigenvalue weighted by Gasteiger charge is 2.07. The van der Waals surface area contributed by atoms with Gasteiger partial charge in [0.15, 0.2) is 9.84 Å². The van der Waals surface area contributed by atoms with Gasteiger partial charge in [-0.25, -0.2) is 8.42 Å². The minimum absolute atomic E-state index is 0.194. The second-order valence-corrected chi connectivity index (χ2v) is 4.29. The minimum atomic E-state index is -3.16. The van der Waals surface area contributed by atoms with Crippen LogP contribution in [0.2, 0.25) is 0 Å². The lowest BCUT2D eigenvalue weighted by Gasteiger charge is -2.00. The number of benzene rings is 1. The molecule has 0 spiro atoms. The fraction of sp³-hybridized carbons (Fsp3) is 0.143. The highest BCUT2D eigenvalue weighted by atomic mass is 32.2. The van der Waals surface area contributed by atoms with Gasteiger partial charge in [0.2, 0.25) is 0 Å². The molecule has 1 aromatic carbocycles. The first kappa shape index (κ1) is 8.33. The zero-order valence-corrected chi connectivity index (χ0v) is 6.93. The van der Waals surface area contributed by atoms with E-state index in [1.54, 1.807) is 18.2 Å². The van der Waals surface area contributed by atoms with Crippen molar-refractivity contribution in [1.82, 2.24) is 0 Å². The highest BCUT2D eigenvalue weighted by molar-refractivity contribution is 7.91. The van der Waals surface area contributed by atoms with E-state index in [9.17, 15) is 8.42 Å². The molecule has 2 nitrogen and oxygen atoms in total. The molecule has 0 unspecified atom stereocenters. The van der Waals surface area contributed by atoms with Crippen LogP contribution in [-0.2, 0) is 9.84 Å². The van der Waals surface area contributed by atoms with Crippen LogP contribution < -0.4 is 5.46 Å². The molecule has 1 rings (SSSR count). The van der Waals surface area contributed by atoms with Crippen LogP contribution in [0.4, 0.5) is 0 Å². The molecule has 0 N–H and O–H groups in total. The monoisotopic (exact) mass is 166 g/mol. The zero-order valence-electron chi connectivity index (χ0n) is 6.11. The van der Waals surface area contributed by atoms with Gasteiger partial charge in [0.1, 0.15) is 7.85 Å². The van der Waals surface area contributed by atoms with Crippen LogP contribution >= 0.6 is 0 Å². The SMILES string of the molecule is [B]c1ccccc1S(C)(=O)=O. The molecule has 0 aliphatic carbocycles. The number of hydrogen-bond acceptors (Lipinski definition) is 2. The topological polar surface area (TPSA) is 34.1 Å². The van der Waals surface area contributed by atoms with E-state index in [0.29, 0.717) is 5.46 Å². The summed E-state index contributed by atoms with van der Waals surface area (Å²) >= 11 is 0. The Morgan fingerprint density at radius 2 is 1.82 bits per heavy atom. The summed E-state index contributed by atoms with van der Waals surface area (Å²) in [5, 5.41) is 0. The standard InChI is InChI=1S/C7H7BO2S/c1-11(9,10)7-5-3-2-4-6(7)8/h2-5H,1H3. The summed E-state index contributed by atoms with van der Waals surface area (Å²) in [4.78, 5) is 0.194. The van der Waals surface area contributed by atoms with Gasteiger partial charge in [-0.05, 0) is 6.07 Å². The predicted molar refractivity (Wildman–Crippen MR) is 44.9 cm³/mol. The highest BCUT2D eigenvalue weighted by Crippen LogP contribution is 2.02. The predicted octanol–water partition coefficient (Wildman–Crippen LogP) is -0.116. The van der Waals surface area contributed by atoms with E-state index in [0.717, 1.165) is 6.26 Å². The summed E-state index contributed by atoms with van der Waals surface area (Å²) in [7, 11) is 2.27. The van der Waals surface area contributed by atoms with Crippen molar-refractivity contribution in [3.05, 3.63) is 24.3 Å². The average molecular weight is 166 g/mol. The lowest BCUT2D eigenvalue weighted by Crippen LogP contribution is -2.13. The Morgan fingerprint density at radius 3 is 2.18 bits per heavy atom. The van der Waals surface area contributed by atoms with Crippen LogP contribution in [0, 0.1) is 0 Å². The molecular weight excluding hydrogens is 159 g/mol. The Balaban J connectivity index is 3.37. The first-order chi connectivity index (χ1) is 5.02. The van der Waals surface area contributed by atoms with Crippen LogP contribution in [0.15, 0.2) is 29.2 Å². The molecule has 0 saturated carbocycles. The zero-order chi connectivity index (χ0) is 8.48. The molecule has 0 atom stereocenters. The minimum Gasteiger partial charge on any atom is -0.224 e. The lowest BCUT2D eigenvalue weighted by molar-refractivity contribution is 0.602. The molecular formula is C7H7BO2S. The quantitative estimate of drug-likeness (QED) is 0.545. The van der Waals surface area contributed by atoms with Crippen molar-refractivity contribution >= 4 is 23.1 Å². The Morgan fingerprint density at radius 1 is 1.27 bits per heavy atom. The van der Waals surface area contributed by atoms with Gasteiger partial charge in [-0.15, -0.1) is 0 Å². The van der Waals surface area contributed by atoms with E-state index in [1.165, 1.54) is 6.07 Å². The summed E-state index contributed by atoms with van der Waals surface area (Å²) in [6, 6.07) is 6.40. The van der Waals surface area contributed by atoms with Crippen molar-refractivity contribution in [1.29, 1.82) is 0 Å². The van der Waals surface area contributed by atoms with Gasteiger partial charge < -0.3 is 0 Å². The first-order valence-electron chi connectivity index (χ1n) is 3.06. The fourth-order valence-electron chi connectivity index (χ4n) is 0.818. The third-order valence-electron chi connectivity index (χ3n) is 1.32. The largest absolute Gasteiger partial charge is 0.224 e. The van der Waals surface area contributed by atoms with Crippen molar-refractivity contribution in [2.45, 2.75) is 4.90 Å². The Kier molecular flexibility index (Phi) is 2.04. The van der Waals surface area contributed by atoms with Crippen LogP contribution in [0.5, 0.6) is 0 Å². The van der Waals surface area contributed by atoms with Crippen molar-refractivity contribution in [3.63, 3.8) is 0 Å². The van der Waals surface area contributed by atoms with Gasteiger partial charge >= 0.3 is 0 Å². The summed E-state index contributed by atoms with van der Waals surface area (Å²) in [5.41, 5.74) is 0.301. The summed E-state index contributed by atoms with van der Waals surface area (Å²) in [5.74, 6) is 0. The smallest absolute Gasteiger partial charge is 0.174 e. The average Bonchev–Trinajstić information content (AvgIpc) is 1.86. The van der Waals surface area contributed by atoms with Crippen molar-refractivity contribution < 1.29 is 8.42 Å². The van der Waals surface area contributed by atoms with Crippen molar-refractivity contribution in [3.8, 4) is 0 Å². The van der Waals surface area contributed by atoms with Crippen molar-refractivity contribution in [2.75, 3.05) is 6.26 Å². The Labute approximate surface area is 67.6 Å². The van der Waals surface area contributed by atoms with Crippen LogP contribution in [0.3, 0.4) is 0 Å². The van der Waals surface area contributed by atoms with Gasteiger partial charge in [-0.2, -0.15) is 0 Å². The van der Waals surface area contributed by atoms with E-state index < -0.39 is 9.84 Å². The maximum atomic E-state index is 11.0. The third-order valence-corrected chi connectivity index (χ3v) is 2.49. The molecule has 0 heterocycles. The van der Waals surface area contributed by atoms with E-state index >= 15 is 0 Å². The van der Waals surface area contributed by atoms with Gasteiger partial charge in [0.25, 0.3) is 0 Å². The molecule has 4 heteroatoms. The second-order valence-electron chi connectivity index (χ2n) is 2.31. The van der Waals surface area contributed by atoms with E-state index in [2.05, 4.69) is 0 Å². The number of sulfone groups is 1. The third kappa shape index (κ3) is 1.83. The van der Waals surface area contributed by atoms with E-state index in [1.807, 2.05) is 0 Å². The van der Waals surface area contributed by atoms with Crippen molar-refractivity contribution in [2.24, 2.45) is 0 Å². The normalized spacial score (nSPS) is 11.4. The van der Waals surface area contributed by atoms with Crippen LogP contribution in [0.25, 0.3) is 0 Å². The number of hydrogen-bond donors (Lipinski definition) is 0. The first-order valence-corrected chi connectivity index (χ1v) is 4.95. The maximum absolute atomic E-state index is 11.0. The molecule has 0 aliphatic rings. The molecule has 56 valence electrons. The molecule has 1 aromatic rings. The van der Waals surface area contributed by atoms with Gasteiger partial charge in [-0.3, -0.25) is 0 Å². The molecule has 0 fully saturated rings. The lowest BCUT2D eigenvalue weighted by atomic mass is 9.97.